The molecule has 8 saturated heterocycles. The Morgan fingerprint density at radius 1 is 0.522 bits per heavy atom. The van der Waals surface area contributed by atoms with Crippen molar-refractivity contribution in [2.45, 2.75) is 233 Å². The van der Waals surface area contributed by atoms with E-state index >= 15 is 0 Å². The van der Waals surface area contributed by atoms with Crippen LogP contribution in [0.25, 0.3) is 0 Å². The van der Waals surface area contributed by atoms with E-state index in [1.807, 2.05) is 4.90 Å². The Morgan fingerprint density at radius 3 is 1.79 bits per heavy atom. The van der Waals surface area contributed by atoms with Crippen LogP contribution >= 0.6 is 0 Å². The quantitative estimate of drug-likeness (QED) is 0.282. The topological polar surface area (TPSA) is 54.8 Å². The number of hydrogen-bond donors (Lipinski definition) is 1. The molecule has 0 radical (unpaired) electrons. The zero-order valence-electron chi connectivity index (χ0n) is 45.6. The average Bonchev–Trinajstić information content (AvgIpc) is 3.73. The molecule has 0 bridgehead atoms. The summed E-state index contributed by atoms with van der Waals surface area (Å²) in [5, 5.41) is 3.65. The number of carbonyl (C=O) groups excluding carboxylic acids is 1. The van der Waals surface area contributed by atoms with Gasteiger partial charge in [-0.1, -0.05) is 44.9 Å². The molecule has 6 atom stereocenters. The van der Waals surface area contributed by atoms with Crippen LogP contribution in [0.4, 0.5) is 5.69 Å². The second kappa shape index (κ2) is 26.6. The van der Waals surface area contributed by atoms with Crippen LogP contribution < -0.4 is 10.2 Å². The van der Waals surface area contributed by atoms with Gasteiger partial charge in [-0.2, -0.15) is 0 Å². The van der Waals surface area contributed by atoms with E-state index in [2.05, 4.69) is 147 Å². The number of benzene rings is 1. The van der Waals surface area contributed by atoms with Crippen molar-refractivity contribution in [3.05, 3.63) is 29.8 Å². The summed E-state index contributed by atoms with van der Waals surface area (Å²) in [7, 11) is 0. The van der Waals surface area contributed by atoms with Crippen LogP contribution in [0.1, 0.15) is 172 Å². The van der Waals surface area contributed by atoms with Gasteiger partial charge in [0.05, 0.1) is 19.4 Å². The highest BCUT2D eigenvalue weighted by atomic mass is 16.2. The van der Waals surface area contributed by atoms with Crippen molar-refractivity contribution in [3.63, 3.8) is 0 Å². The van der Waals surface area contributed by atoms with Crippen molar-refractivity contribution >= 4 is 11.6 Å². The predicted molar refractivity (Wildman–Crippen MR) is 285 cm³/mol. The van der Waals surface area contributed by atoms with Crippen LogP contribution in [0.5, 0.6) is 0 Å². The Morgan fingerprint density at radius 2 is 1.15 bits per heavy atom. The number of piperidine rings is 1. The Bertz CT molecular complexity index is 1570. The molecule has 10 aliphatic rings. The Kier molecular flexibility index (Phi) is 21.7. The van der Waals surface area contributed by atoms with Crippen LogP contribution in [0, 0.1) is 11.8 Å². The summed E-state index contributed by atoms with van der Waals surface area (Å²) in [6, 6.07) is 15.7. The zero-order valence-corrected chi connectivity index (χ0v) is 45.6. The van der Waals surface area contributed by atoms with Gasteiger partial charge in [-0.05, 0) is 189 Å². The molecule has 10 heteroatoms. The van der Waals surface area contributed by atoms with E-state index in [-0.39, 0.29) is 6.04 Å². The van der Waals surface area contributed by atoms with Gasteiger partial charge >= 0.3 is 0 Å². The zero-order chi connectivity index (χ0) is 48.2. The number of anilines is 1. The molecule has 1 saturated carbocycles. The van der Waals surface area contributed by atoms with Crippen molar-refractivity contribution in [1.82, 2.24) is 39.6 Å². The van der Waals surface area contributed by atoms with Gasteiger partial charge < -0.3 is 15.1 Å². The molecule has 384 valence electrons. The number of nitrogens with one attached hydrogen (secondary N) is 1. The lowest BCUT2D eigenvalue weighted by atomic mass is 9.78. The smallest absolute Gasteiger partial charge is 0.241 e. The summed E-state index contributed by atoms with van der Waals surface area (Å²) < 4.78 is 0. The van der Waals surface area contributed by atoms with Crippen molar-refractivity contribution in [3.8, 4) is 0 Å². The number of hydrogen-bond acceptors (Lipinski definition) is 9. The first-order chi connectivity index (χ1) is 32.1. The van der Waals surface area contributed by atoms with E-state index in [0.29, 0.717) is 18.0 Å². The van der Waals surface area contributed by atoms with Gasteiger partial charge in [-0.25, -0.2) is 0 Å². The monoisotopic (exact) mass is 932 g/mol. The van der Waals surface area contributed by atoms with E-state index in [4.69, 9.17) is 0 Å². The first kappa shape index (κ1) is 54.5. The Balaban J connectivity index is 0.000000134. The second-order valence-corrected chi connectivity index (χ2v) is 23.8. The molecule has 1 aromatic carbocycles. The highest BCUT2D eigenvalue weighted by molar-refractivity contribution is 5.84. The molecule has 1 aliphatic carbocycles. The largest absolute Gasteiger partial charge is 0.369 e. The maximum Gasteiger partial charge on any atom is 0.241 e. The summed E-state index contributed by atoms with van der Waals surface area (Å²) in [6.45, 7) is 42.0. The first-order valence-electron chi connectivity index (χ1n) is 28.5. The molecule has 0 spiro atoms. The number of para-hydroxylation sites is 1. The van der Waals surface area contributed by atoms with Crippen molar-refractivity contribution in [1.29, 1.82) is 0 Å². The van der Waals surface area contributed by atoms with Crippen LogP contribution in [-0.4, -0.2) is 179 Å². The van der Waals surface area contributed by atoms with E-state index < -0.39 is 0 Å². The number of piperazine rings is 1. The first-order valence-corrected chi connectivity index (χ1v) is 28.5. The molecule has 6 unspecified atom stereocenters. The maximum atomic E-state index is 11.7. The number of rotatable bonds is 6. The van der Waals surface area contributed by atoms with Crippen molar-refractivity contribution < 1.29 is 4.79 Å². The van der Waals surface area contributed by atoms with Gasteiger partial charge in [0.1, 0.15) is 0 Å². The molecule has 9 fully saturated rings. The minimum atomic E-state index is 0.229. The van der Waals surface area contributed by atoms with Crippen molar-refractivity contribution in [2.24, 2.45) is 11.8 Å². The van der Waals surface area contributed by atoms with E-state index in [1.165, 1.54) is 160 Å². The third-order valence-corrected chi connectivity index (χ3v) is 17.2. The Hall–Kier alpha value is -1.79. The summed E-state index contributed by atoms with van der Waals surface area (Å²) in [4.78, 5) is 31.5. The predicted octanol–water partition coefficient (Wildman–Crippen LogP) is 9.48. The summed E-state index contributed by atoms with van der Waals surface area (Å²) in [6.07, 6.45) is 19.4. The summed E-state index contributed by atoms with van der Waals surface area (Å²) in [5.74, 6) is 2.18. The summed E-state index contributed by atoms with van der Waals surface area (Å²) >= 11 is 0. The molecule has 9 aliphatic heterocycles. The van der Waals surface area contributed by atoms with Gasteiger partial charge in [-0.3, -0.25) is 34.2 Å². The van der Waals surface area contributed by atoms with Crippen molar-refractivity contribution in [2.75, 3.05) is 83.7 Å². The van der Waals surface area contributed by atoms with Crippen LogP contribution in [0.2, 0.25) is 0 Å². The Labute approximate surface area is 413 Å². The van der Waals surface area contributed by atoms with Gasteiger partial charge in [0.15, 0.2) is 0 Å². The number of likely N-dealkylation sites (tertiary alicyclic amines) is 1. The van der Waals surface area contributed by atoms with Gasteiger partial charge in [0.25, 0.3) is 0 Å². The third kappa shape index (κ3) is 15.4. The highest BCUT2D eigenvalue weighted by Crippen LogP contribution is 2.36. The van der Waals surface area contributed by atoms with E-state index in [0.717, 1.165) is 73.8 Å². The fourth-order valence-electron chi connectivity index (χ4n) is 13.1. The molecule has 9 heterocycles. The van der Waals surface area contributed by atoms with Crippen LogP contribution in [0.15, 0.2) is 24.3 Å². The molecule has 11 rings (SSSR count). The second-order valence-electron chi connectivity index (χ2n) is 23.8. The number of carbonyl (C=O) groups is 1. The lowest BCUT2D eigenvalue weighted by Gasteiger charge is -2.46. The molecule has 67 heavy (non-hydrogen) atoms. The normalized spacial score (nSPS) is 29.8. The minimum absolute atomic E-state index is 0.229. The fraction of sp³-hybridized carbons (Fsp3) is 0.877. The van der Waals surface area contributed by atoms with Gasteiger partial charge in [0.2, 0.25) is 5.91 Å². The molecule has 1 aromatic rings. The van der Waals surface area contributed by atoms with Crippen LogP contribution in [0.3, 0.4) is 0 Å². The molecule has 1 amide bonds. The lowest BCUT2D eigenvalue weighted by molar-refractivity contribution is -0.130. The number of fused-ring (bicyclic) bond motifs is 5. The number of aryl methyl sites for hydroxylation is 1. The third-order valence-electron chi connectivity index (χ3n) is 17.2. The lowest BCUT2D eigenvalue weighted by Crippen LogP contribution is -2.57. The maximum absolute atomic E-state index is 11.7. The SMILES string of the molecule is CC(C)C1NCCN2CCCC12.CC(C)N1CC1.CC(C)N1CC2CCCN2C1.CC(C)N1CCCC2CCCCC21.CC(C)N1CCCc2ccccc21.CC(C)N1CN2CCCC2C1=O. The average molecular weight is 933 g/mol. The molecular formula is C57H105N9O. The molecule has 10 nitrogen and oxygen atoms in total. The van der Waals surface area contributed by atoms with E-state index in [1.54, 1.807) is 0 Å². The highest BCUT2D eigenvalue weighted by Gasteiger charge is 2.42. The van der Waals surface area contributed by atoms with Crippen LogP contribution in [-0.2, 0) is 11.2 Å². The van der Waals surface area contributed by atoms with Gasteiger partial charge in [0, 0.05) is 106 Å². The molecule has 0 aromatic heterocycles. The number of amides is 1. The summed E-state index contributed by atoms with van der Waals surface area (Å²) in [5.41, 5.74) is 2.96. The molecular weight excluding hydrogens is 827 g/mol. The standard InChI is InChI=1S/C12H23N.C12H17N.C10H20N2.C9H16N2O.C9H18N2.C5H11N/c2*1-10(2)13-9-5-7-11-6-3-4-8-12(11)13;1-8(2)10-9-4-3-6-12(9)7-5-11-10;1-7(2)11-6-10-5-3-4-8(10)9(11)12;1-8(2)11-6-9-4-3-5-10(9)7-11;1-5(2)6-3-4-6/h10-12H,3-9H2,1-2H3;3-4,6,8,10H,5,7,9H2,1-2H3;8-11H,3-7H2,1-2H3;7-8H,3-6H2,1-2H3;8-9H,3-7H2,1-2H3;5H,3-4H2,1-2H3. The number of nitrogens with zero attached hydrogens (tertiary/aromatic N) is 8. The molecule has 1 N–H and O–H groups in total. The van der Waals surface area contributed by atoms with Gasteiger partial charge in [-0.15, -0.1) is 0 Å². The minimum Gasteiger partial charge on any atom is -0.369 e. The fourth-order valence-corrected chi connectivity index (χ4v) is 13.1. The van der Waals surface area contributed by atoms with E-state index in [9.17, 15) is 4.79 Å².